The van der Waals surface area contributed by atoms with E-state index < -0.39 is 17.5 Å². The molecule has 1 fully saturated rings. The molecule has 1 aliphatic heterocycles. The van der Waals surface area contributed by atoms with Crippen molar-refractivity contribution in [2.45, 2.75) is 31.5 Å². The van der Waals surface area contributed by atoms with Crippen LogP contribution in [0.3, 0.4) is 0 Å². The van der Waals surface area contributed by atoms with Gasteiger partial charge in [-0.1, -0.05) is 18.2 Å². The topological polar surface area (TPSA) is 109 Å². The Kier molecular flexibility index (Phi) is 5.56. The molecule has 3 N–H and O–H groups in total. The highest BCUT2D eigenvalue weighted by Crippen LogP contribution is 2.52. The Morgan fingerprint density at radius 2 is 1.79 bits per heavy atom. The van der Waals surface area contributed by atoms with Crippen molar-refractivity contribution in [3.05, 3.63) is 71.0 Å². The van der Waals surface area contributed by atoms with E-state index in [9.17, 15) is 22.8 Å². The summed E-state index contributed by atoms with van der Waals surface area (Å²) < 4.78 is 49.7. The maximum atomic E-state index is 14.1. The fraction of sp³-hybridized carbons (Fsp3) is 0.208. The molecular formula is C24H19F3N2O5. The van der Waals surface area contributed by atoms with Gasteiger partial charge in [0.1, 0.15) is 11.6 Å². The standard InChI is InChI=1S/C24H17F3N2O4.H2O/c1-13-2-7-20(28-21(13)14-3-4-15(12-30)17(25)10-14)29-22(31)23(8-9-23)16-5-6-18-19(11-16)33-24(26,27)32-18;/h2-7,10-12H,8-9H2,1H3,(H,28,29,31);1H2. The van der Waals surface area contributed by atoms with Gasteiger partial charge in [-0.3, -0.25) is 9.59 Å². The van der Waals surface area contributed by atoms with E-state index in [1.54, 1.807) is 31.2 Å². The van der Waals surface area contributed by atoms with Gasteiger partial charge < -0.3 is 20.3 Å². The van der Waals surface area contributed by atoms with E-state index in [0.29, 0.717) is 35.9 Å². The number of benzene rings is 2. The number of amides is 1. The Hall–Kier alpha value is -3.92. The Balaban J connectivity index is 0.00000274. The number of pyridine rings is 1. The SMILES string of the molecule is Cc1ccc(NC(=O)C2(c3ccc4c(c3)OC(F)(F)O4)CC2)nc1-c1ccc(C=O)c(F)c1.O. The van der Waals surface area contributed by atoms with Gasteiger partial charge in [0.15, 0.2) is 17.8 Å². The maximum absolute atomic E-state index is 14.1. The molecule has 2 aliphatic rings. The zero-order chi connectivity index (χ0) is 23.4. The van der Waals surface area contributed by atoms with Crippen LogP contribution in [0, 0.1) is 12.7 Å². The first-order valence-electron chi connectivity index (χ1n) is 10.2. The van der Waals surface area contributed by atoms with E-state index in [2.05, 4.69) is 19.8 Å². The summed E-state index contributed by atoms with van der Waals surface area (Å²) in [4.78, 5) is 28.5. The summed E-state index contributed by atoms with van der Waals surface area (Å²) in [5, 5.41) is 2.78. The number of hydrogen-bond donors (Lipinski definition) is 1. The zero-order valence-electron chi connectivity index (χ0n) is 17.8. The molecule has 1 aromatic heterocycles. The number of hydrogen-bond acceptors (Lipinski definition) is 5. The van der Waals surface area contributed by atoms with Gasteiger partial charge in [0.05, 0.1) is 16.7 Å². The second kappa shape index (κ2) is 8.14. The molecule has 2 heterocycles. The van der Waals surface area contributed by atoms with Crippen LogP contribution in [0.4, 0.5) is 19.0 Å². The fourth-order valence-corrected chi connectivity index (χ4v) is 3.92. The average Bonchev–Trinajstić information content (AvgIpc) is 3.52. The number of aryl methyl sites for hydroxylation is 1. The number of rotatable bonds is 5. The highest BCUT2D eigenvalue weighted by molar-refractivity contribution is 6.01. The van der Waals surface area contributed by atoms with Gasteiger partial charge in [-0.2, -0.15) is 0 Å². The zero-order valence-corrected chi connectivity index (χ0v) is 17.8. The molecule has 1 saturated carbocycles. The maximum Gasteiger partial charge on any atom is 0.586 e. The number of anilines is 1. The van der Waals surface area contributed by atoms with E-state index in [0.717, 1.165) is 5.56 Å². The number of alkyl halides is 2. The molecule has 0 spiro atoms. The predicted molar refractivity (Wildman–Crippen MR) is 116 cm³/mol. The molecule has 34 heavy (non-hydrogen) atoms. The van der Waals surface area contributed by atoms with Crippen LogP contribution in [0.5, 0.6) is 11.5 Å². The lowest BCUT2D eigenvalue weighted by atomic mass is 9.94. The number of nitrogens with one attached hydrogen (secondary N) is 1. The number of fused-ring (bicyclic) bond motifs is 1. The van der Waals surface area contributed by atoms with Crippen LogP contribution in [0.25, 0.3) is 11.3 Å². The summed E-state index contributed by atoms with van der Waals surface area (Å²) in [6.07, 6.45) is -2.23. The summed E-state index contributed by atoms with van der Waals surface area (Å²) in [5.74, 6) is -0.939. The molecule has 7 nitrogen and oxygen atoms in total. The summed E-state index contributed by atoms with van der Waals surface area (Å²) in [6.45, 7) is 1.80. The van der Waals surface area contributed by atoms with Gasteiger partial charge >= 0.3 is 6.29 Å². The van der Waals surface area contributed by atoms with Crippen LogP contribution in [0.2, 0.25) is 0 Å². The van der Waals surface area contributed by atoms with Crippen molar-refractivity contribution < 1.29 is 37.7 Å². The normalized spacial score (nSPS) is 16.4. The Morgan fingerprint density at radius 3 is 2.47 bits per heavy atom. The van der Waals surface area contributed by atoms with Crippen LogP contribution in [-0.4, -0.2) is 28.9 Å². The van der Waals surface area contributed by atoms with E-state index in [1.807, 2.05) is 0 Å². The van der Waals surface area contributed by atoms with Gasteiger partial charge in [0, 0.05) is 5.56 Å². The molecular weight excluding hydrogens is 453 g/mol. The number of ether oxygens (including phenoxy) is 2. The van der Waals surface area contributed by atoms with Gasteiger partial charge in [0.25, 0.3) is 0 Å². The van der Waals surface area contributed by atoms with Crippen molar-refractivity contribution in [2.75, 3.05) is 5.32 Å². The third kappa shape index (κ3) is 3.96. The molecule has 0 saturated heterocycles. The summed E-state index contributed by atoms with van der Waals surface area (Å²) in [6, 6.07) is 11.9. The third-order valence-corrected chi connectivity index (χ3v) is 5.88. The first-order chi connectivity index (χ1) is 15.7. The largest absolute Gasteiger partial charge is 0.586 e. The molecule has 10 heteroatoms. The number of nitrogens with zero attached hydrogens (tertiary/aromatic N) is 1. The molecule has 1 aliphatic carbocycles. The lowest BCUT2D eigenvalue weighted by Gasteiger charge is -2.17. The smallest absolute Gasteiger partial charge is 0.412 e. The molecule has 0 atom stereocenters. The molecule has 1 amide bonds. The van der Waals surface area contributed by atoms with Crippen LogP contribution in [0.15, 0.2) is 48.5 Å². The second-order valence-electron chi connectivity index (χ2n) is 8.08. The van der Waals surface area contributed by atoms with E-state index in [-0.39, 0.29) is 34.3 Å². The highest BCUT2D eigenvalue weighted by atomic mass is 19.3. The Bertz CT molecular complexity index is 1310. The Morgan fingerprint density at radius 1 is 1.06 bits per heavy atom. The summed E-state index contributed by atoms with van der Waals surface area (Å²) in [5.41, 5.74) is 1.27. The fourth-order valence-electron chi connectivity index (χ4n) is 3.92. The minimum atomic E-state index is -3.73. The average molecular weight is 472 g/mol. The second-order valence-corrected chi connectivity index (χ2v) is 8.08. The summed E-state index contributed by atoms with van der Waals surface area (Å²) >= 11 is 0. The lowest BCUT2D eigenvalue weighted by Crippen LogP contribution is -2.28. The minimum Gasteiger partial charge on any atom is -0.412 e. The molecule has 2 aromatic carbocycles. The van der Waals surface area contributed by atoms with Crippen molar-refractivity contribution in [2.24, 2.45) is 0 Å². The van der Waals surface area contributed by atoms with Gasteiger partial charge in [-0.15, -0.1) is 8.78 Å². The van der Waals surface area contributed by atoms with Crippen molar-refractivity contribution in [1.29, 1.82) is 0 Å². The van der Waals surface area contributed by atoms with E-state index >= 15 is 0 Å². The first kappa shape index (κ1) is 23.2. The molecule has 0 radical (unpaired) electrons. The van der Waals surface area contributed by atoms with Crippen molar-refractivity contribution in [1.82, 2.24) is 4.98 Å². The Labute approximate surface area is 191 Å². The monoisotopic (exact) mass is 472 g/mol. The number of carbonyl (C=O) groups is 2. The van der Waals surface area contributed by atoms with Crippen molar-refractivity contribution in [3.63, 3.8) is 0 Å². The third-order valence-electron chi connectivity index (χ3n) is 5.88. The van der Waals surface area contributed by atoms with E-state index in [4.69, 9.17) is 0 Å². The molecule has 5 rings (SSSR count). The van der Waals surface area contributed by atoms with Crippen molar-refractivity contribution >= 4 is 18.0 Å². The molecule has 0 bridgehead atoms. The predicted octanol–water partition coefficient (Wildman–Crippen LogP) is 4.18. The van der Waals surface area contributed by atoms with Crippen LogP contribution < -0.4 is 14.8 Å². The lowest BCUT2D eigenvalue weighted by molar-refractivity contribution is -0.286. The molecule has 0 unspecified atom stereocenters. The van der Waals surface area contributed by atoms with Gasteiger partial charge in [-0.25, -0.2) is 9.37 Å². The van der Waals surface area contributed by atoms with Crippen LogP contribution >= 0.6 is 0 Å². The number of aromatic nitrogens is 1. The van der Waals surface area contributed by atoms with Crippen LogP contribution in [-0.2, 0) is 10.2 Å². The number of carbonyl (C=O) groups excluding carboxylic acids is 2. The van der Waals surface area contributed by atoms with Crippen molar-refractivity contribution in [3.8, 4) is 22.8 Å². The molecule has 176 valence electrons. The minimum absolute atomic E-state index is 0. The summed E-state index contributed by atoms with van der Waals surface area (Å²) in [7, 11) is 0. The van der Waals surface area contributed by atoms with Crippen LogP contribution in [0.1, 0.15) is 34.3 Å². The van der Waals surface area contributed by atoms with Gasteiger partial charge in [0.2, 0.25) is 5.91 Å². The van der Waals surface area contributed by atoms with Gasteiger partial charge in [-0.05, 0) is 61.2 Å². The first-order valence-corrected chi connectivity index (χ1v) is 10.2. The molecule has 3 aromatic rings. The van der Waals surface area contributed by atoms with E-state index in [1.165, 1.54) is 24.3 Å². The quantitative estimate of drug-likeness (QED) is 0.561. The number of aldehydes is 1. The number of halogens is 3. The highest BCUT2D eigenvalue weighted by Gasteiger charge is 2.53.